The van der Waals surface area contributed by atoms with E-state index < -0.39 is 132 Å². The highest BCUT2D eigenvalue weighted by Crippen LogP contribution is 2.23. The number of para-hydroxylation sites is 1. The topological polar surface area (TPSA) is 509 Å². The van der Waals surface area contributed by atoms with Crippen LogP contribution in [0.3, 0.4) is 0 Å². The molecule has 3 aromatic heterocycles. The Morgan fingerprint density at radius 2 is 1.01 bits per heavy atom. The Bertz CT molecular complexity index is 3960. The second kappa shape index (κ2) is 44.2. The summed E-state index contributed by atoms with van der Waals surface area (Å²) in [4.78, 5) is 204. The number of amides is 10. The van der Waals surface area contributed by atoms with E-state index >= 15 is 0 Å². The largest absolute Gasteiger partial charge is 0.480 e. The summed E-state index contributed by atoms with van der Waals surface area (Å²) in [7, 11) is 0. The molecule has 6 heterocycles. The Balaban J connectivity index is 0.889. The highest BCUT2D eigenvalue weighted by Gasteiger charge is 2.37. The summed E-state index contributed by atoms with van der Waals surface area (Å²) in [5.74, 6) is -8.96. The third-order valence-electron chi connectivity index (χ3n) is 19.9. The van der Waals surface area contributed by atoms with Crippen molar-refractivity contribution in [1.29, 1.82) is 0 Å². The Hall–Kier alpha value is -10.4. The van der Waals surface area contributed by atoms with Crippen LogP contribution in [0.15, 0.2) is 85.8 Å². The summed E-state index contributed by atoms with van der Waals surface area (Å²) in [6.07, 6.45) is 8.69. The molecule has 616 valence electrons. The number of aromatic nitrogens is 5. The van der Waals surface area contributed by atoms with Crippen LogP contribution in [0, 0.1) is 11.8 Å². The minimum atomic E-state index is -1.41. The molecule has 17 N–H and O–H groups in total. The number of piperidine rings is 1. The van der Waals surface area contributed by atoms with Crippen LogP contribution in [0.2, 0.25) is 0 Å². The number of primary amides is 1. The Morgan fingerprint density at radius 3 is 1.54 bits per heavy atom. The van der Waals surface area contributed by atoms with E-state index in [0.29, 0.717) is 73.0 Å². The van der Waals surface area contributed by atoms with Gasteiger partial charge in [-0.05, 0) is 55.2 Å². The smallest absolute Gasteiger partial charge is 0.317 e. The molecule has 38 heteroatoms. The van der Waals surface area contributed by atoms with Crippen molar-refractivity contribution < 1.29 is 77.6 Å². The van der Waals surface area contributed by atoms with Crippen LogP contribution < -0.4 is 53.6 Å². The second-order valence-corrected chi connectivity index (χ2v) is 30.8. The van der Waals surface area contributed by atoms with E-state index in [1.165, 1.54) is 32.0 Å². The van der Waals surface area contributed by atoms with Gasteiger partial charge in [0.15, 0.2) is 0 Å². The highest BCUT2D eigenvalue weighted by atomic mass is 32.2. The zero-order valence-corrected chi connectivity index (χ0v) is 65.3. The van der Waals surface area contributed by atoms with Gasteiger partial charge in [0, 0.05) is 162 Å². The van der Waals surface area contributed by atoms with Crippen LogP contribution in [0.5, 0.6) is 0 Å². The lowest BCUT2D eigenvalue weighted by Crippen LogP contribution is -2.60. The molecule has 0 saturated carbocycles. The Kier molecular flexibility index (Phi) is 34.5. The maximum Gasteiger partial charge on any atom is 0.317 e. The molecule has 0 aliphatic carbocycles. The minimum Gasteiger partial charge on any atom is -0.480 e. The number of nitrogens with one attached hydrogen (secondary N) is 12. The van der Waals surface area contributed by atoms with Crippen molar-refractivity contribution in [2.45, 2.75) is 134 Å². The monoisotopic (exact) mass is 1590 g/mol. The van der Waals surface area contributed by atoms with E-state index in [2.05, 4.69) is 72.8 Å². The molecule has 0 unspecified atom stereocenters. The predicted octanol–water partition coefficient (Wildman–Crippen LogP) is -2.97. The van der Waals surface area contributed by atoms with Crippen molar-refractivity contribution >= 4 is 99.6 Å². The SMILES string of the molecule is CC(C)C[C@@H](CN1CSC[C@H]1C(N)=O)NC(=O)[C@H](Cc1cnc[nH]1)NC(=O)CNC(=O)[C@@H](NC(=O)[C@H](C)NC(=O)[C@H](Cc1c[nH]c2ccccc12)NC(=O)[C@H](Cc1cnc[nH]1)NC(=O)[C@@H](Cc1ccccc1)NC(=O)CN1CCC(NC(=O)CN2CCN(CC(=O)O)CCN(CC(=O)O)CCN(CC(=O)O)CC2)CC1)C(C)C. The molecular formula is C75H109N21O16S. The number of aliphatic carboxylic acids is 3. The first kappa shape index (κ1) is 88.2. The Morgan fingerprint density at radius 1 is 0.522 bits per heavy atom. The number of carboxylic acid groups (broad SMARTS) is 3. The van der Waals surface area contributed by atoms with Crippen molar-refractivity contribution in [3.8, 4) is 0 Å². The fraction of sp³-hybridized carbons (Fsp3) is 0.560. The first-order valence-corrected chi connectivity index (χ1v) is 39.3. The van der Waals surface area contributed by atoms with Crippen LogP contribution >= 0.6 is 11.8 Å². The molecule has 10 amide bonds. The Labute approximate surface area is 659 Å². The number of likely N-dealkylation sites (tertiary alicyclic amines) is 1. The van der Waals surface area contributed by atoms with Crippen molar-refractivity contribution in [3.63, 3.8) is 0 Å². The van der Waals surface area contributed by atoms with E-state index in [9.17, 15) is 77.6 Å². The molecule has 8 atom stereocenters. The molecule has 8 rings (SSSR count). The lowest BCUT2D eigenvalue weighted by Gasteiger charge is -2.34. The van der Waals surface area contributed by atoms with E-state index in [1.54, 1.807) is 82.9 Å². The number of carboxylic acids is 3. The van der Waals surface area contributed by atoms with Crippen molar-refractivity contribution in [1.82, 2.24) is 102 Å². The molecule has 5 aromatic rings. The molecule has 2 aromatic carbocycles. The highest BCUT2D eigenvalue weighted by molar-refractivity contribution is 7.99. The number of imidazole rings is 2. The van der Waals surface area contributed by atoms with E-state index in [1.807, 2.05) is 46.7 Å². The van der Waals surface area contributed by atoms with Crippen LogP contribution in [-0.4, -0.2) is 324 Å². The van der Waals surface area contributed by atoms with Gasteiger partial charge in [-0.25, -0.2) is 9.97 Å². The molecule has 3 aliphatic rings. The van der Waals surface area contributed by atoms with Crippen LogP contribution in [0.25, 0.3) is 10.9 Å². The molecule has 3 fully saturated rings. The molecule has 0 radical (unpaired) electrons. The van der Waals surface area contributed by atoms with Gasteiger partial charge in [-0.1, -0.05) is 76.2 Å². The summed E-state index contributed by atoms with van der Waals surface area (Å²) in [5.41, 5.74) is 8.69. The lowest BCUT2D eigenvalue weighted by atomic mass is 10.0. The van der Waals surface area contributed by atoms with E-state index in [-0.39, 0.29) is 129 Å². The summed E-state index contributed by atoms with van der Waals surface area (Å²) < 4.78 is 0. The van der Waals surface area contributed by atoms with Crippen LogP contribution in [0.1, 0.15) is 76.4 Å². The number of rotatable bonds is 40. The number of carbonyl (C=O) groups is 13. The van der Waals surface area contributed by atoms with Gasteiger partial charge < -0.3 is 83.9 Å². The second-order valence-electron chi connectivity index (χ2n) is 29.8. The quantitative estimate of drug-likeness (QED) is 0.0186. The van der Waals surface area contributed by atoms with Crippen molar-refractivity contribution in [3.05, 3.63) is 108 Å². The average molecular weight is 1590 g/mol. The van der Waals surface area contributed by atoms with Crippen molar-refractivity contribution in [2.75, 3.05) is 123 Å². The van der Waals surface area contributed by atoms with Gasteiger partial charge in [0.2, 0.25) is 59.1 Å². The number of aromatic amines is 3. The summed E-state index contributed by atoms with van der Waals surface area (Å²) >= 11 is 1.56. The molecule has 113 heavy (non-hydrogen) atoms. The number of hydrogen-bond acceptors (Lipinski definition) is 22. The molecule has 0 spiro atoms. The summed E-state index contributed by atoms with van der Waals surface area (Å²) in [6, 6.07) is 7.22. The molecule has 3 aliphatic heterocycles. The standard InChI is InChI=1S/C75H109N21O16S/c1-46(2)27-54(36-96-45-113-42-61(96)69(76)106)85-72(109)59(30-52-33-77-43-81-52)86-62(97)35-80-75(112)68(47(3)4)90-70(107)48(5)83-71(108)58(29-50-32-79-56-14-10-9-13-55(50)56)88-74(111)60(31-53-34-78-44-82-53)89-73(110)57(28-49-11-7-6-8-12-49)87-64(99)38-91-17-15-51(16-18-91)84-63(98)37-92-19-21-93(39-65(100)101)23-25-95(41-67(104)105)26-24-94(22-20-92)40-66(102)103/h6-14,32-34,43-44,46-48,51,54,57-61,68,79H,15-31,35-42,45H2,1-5H3,(H2,76,106)(H,77,81)(H,78,82)(H,80,112)(H,83,108)(H,84,98)(H,85,109)(H,86,97)(H,87,99)(H,88,111)(H,89,110)(H,90,107)(H,100,101)(H,102,103)(H,104,105)/t48-,54-,57+,58-,59-,60-,61-,68-/m0/s1. The molecule has 37 nitrogen and oxygen atoms in total. The lowest BCUT2D eigenvalue weighted by molar-refractivity contribution is -0.140. The maximum absolute atomic E-state index is 15.0. The zero-order chi connectivity index (χ0) is 81.7. The normalized spacial score (nSPS) is 18.0. The van der Waals surface area contributed by atoms with Gasteiger partial charge in [0.05, 0.1) is 58.0 Å². The average Bonchev–Trinajstić information content (AvgIpc) is 1.69. The molecular weight excluding hydrogens is 1480 g/mol. The van der Waals surface area contributed by atoms with Gasteiger partial charge >= 0.3 is 17.9 Å². The number of benzene rings is 2. The predicted molar refractivity (Wildman–Crippen MR) is 417 cm³/mol. The number of nitrogens with zero attached hydrogens (tertiary/aromatic N) is 8. The maximum atomic E-state index is 15.0. The molecule has 3 saturated heterocycles. The molecule has 0 bridgehead atoms. The minimum absolute atomic E-state index is 0.00191. The van der Waals surface area contributed by atoms with Gasteiger partial charge in [-0.3, -0.25) is 91.7 Å². The zero-order valence-electron chi connectivity index (χ0n) is 64.5. The van der Waals surface area contributed by atoms with Gasteiger partial charge in [0.1, 0.15) is 36.3 Å². The fourth-order valence-electron chi connectivity index (χ4n) is 13.9. The number of thioether (sulfide) groups is 1. The third kappa shape index (κ3) is 29.6. The van der Waals surface area contributed by atoms with Crippen LogP contribution in [-0.2, 0) is 88.0 Å². The van der Waals surface area contributed by atoms with Crippen LogP contribution in [0.4, 0.5) is 0 Å². The summed E-state index contributed by atoms with van der Waals surface area (Å²) in [6.45, 7) is 10.0. The van der Waals surface area contributed by atoms with E-state index in [4.69, 9.17) is 5.73 Å². The van der Waals surface area contributed by atoms with Gasteiger partial charge in [-0.2, -0.15) is 0 Å². The first-order chi connectivity index (χ1) is 54.0. The number of hydrogen-bond donors (Lipinski definition) is 16. The van der Waals surface area contributed by atoms with Gasteiger partial charge in [0.25, 0.3) is 0 Å². The van der Waals surface area contributed by atoms with E-state index in [0.717, 1.165) is 10.9 Å². The first-order valence-electron chi connectivity index (χ1n) is 38.1. The van der Waals surface area contributed by atoms with Crippen molar-refractivity contribution in [2.24, 2.45) is 17.6 Å². The number of H-pyrrole nitrogens is 3. The number of fused-ring (bicyclic) bond motifs is 1. The third-order valence-corrected chi connectivity index (χ3v) is 20.9. The number of nitrogens with two attached hydrogens (primary N) is 1. The fourth-order valence-corrected chi connectivity index (χ4v) is 15.1. The summed E-state index contributed by atoms with van der Waals surface area (Å²) in [5, 5.41) is 55.0. The number of carbonyl (C=O) groups excluding carboxylic acids is 10. The van der Waals surface area contributed by atoms with Gasteiger partial charge in [-0.15, -0.1) is 11.8 Å².